The van der Waals surface area contributed by atoms with Crippen molar-refractivity contribution >= 4 is 29.8 Å². The average molecular weight is 1040 g/mol. The Morgan fingerprint density at radius 2 is 1.10 bits per heavy atom. The first-order valence-electron chi connectivity index (χ1n) is 20.6. The van der Waals surface area contributed by atoms with E-state index >= 15 is 0 Å². The van der Waals surface area contributed by atoms with Gasteiger partial charge in [0.25, 0.3) is 5.91 Å². The molecule has 0 aliphatic carbocycles. The van der Waals surface area contributed by atoms with Crippen molar-refractivity contribution in [3.05, 3.63) is 94.8 Å². The summed E-state index contributed by atoms with van der Waals surface area (Å²) in [4.78, 5) is 56.0. The van der Waals surface area contributed by atoms with Crippen molar-refractivity contribution in [3.63, 3.8) is 0 Å². The number of carboxylic acid groups (broad SMARTS) is 4. The van der Waals surface area contributed by atoms with Crippen LogP contribution in [0.2, 0.25) is 0 Å². The standard InChI is InChI=1S/C35H46FN5O2.4C2HF3O2/c1-27-24-41(14-12-37-27)26-29-6-3-8-31(20-29)33-22-28(10-11-34(33)36)23-38-35(42)32-9-4-7-30(21-32)25-40-17-15-39(16-18-40)13-5-19-43-2;4*3-2(4,5)1(6)7/h3-4,6-11,20-22,27,37H,5,12-19,23-26H2,1-2H3,(H,38,42);4*(H,6,7)/t27-;;;;/m0..../s1. The van der Waals surface area contributed by atoms with E-state index < -0.39 is 48.6 Å². The number of alkyl halides is 12. The zero-order valence-electron chi connectivity index (χ0n) is 37.6. The summed E-state index contributed by atoms with van der Waals surface area (Å²) < 4.78 is 147. The molecular formula is C43H50F13N5O10. The molecule has 1 amide bonds. The van der Waals surface area contributed by atoms with Crippen molar-refractivity contribution in [2.75, 3.05) is 66.1 Å². The van der Waals surface area contributed by atoms with Gasteiger partial charge in [-0.25, -0.2) is 23.6 Å². The van der Waals surface area contributed by atoms with E-state index in [2.05, 4.69) is 50.5 Å². The maximum atomic E-state index is 15.0. The van der Waals surface area contributed by atoms with Gasteiger partial charge in [-0.2, -0.15) is 52.7 Å². The van der Waals surface area contributed by atoms with Gasteiger partial charge in [0.2, 0.25) is 0 Å². The SMILES string of the molecule is COCCCN1CCN(Cc2cccc(C(=O)NCc3ccc(F)c(-c4cccc(CN5CCN[C@@H](C)C5)c4)c3)c2)CC1.O=C(O)C(F)(F)F.O=C(O)C(F)(F)F.O=C(O)C(F)(F)F.O=C(O)C(F)(F)F. The van der Waals surface area contributed by atoms with E-state index in [1.165, 1.54) is 11.6 Å². The fourth-order valence-corrected chi connectivity index (χ4v) is 6.11. The van der Waals surface area contributed by atoms with Crippen molar-refractivity contribution in [1.29, 1.82) is 0 Å². The first kappa shape index (κ1) is 62.9. The molecule has 0 saturated carbocycles. The van der Waals surface area contributed by atoms with Gasteiger partial charge in [0.05, 0.1) is 0 Å². The molecule has 2 fully saturated rings. The predicted octanol–water partition coefficient (Wildman–Crippen LogP) is 6.90. The lowest BCUT2D eigenvalue weighted by molar-refractivity contribution is -0.193. The zero-order chi connectivity index (χ0) is 54.3. The van der Waals surface area contributed by atoms with E-state index in [0.717, 1.165) is 95.2 Å². The molecular weight excluding hydrogens is 993 g/mol. The Balaban J connectivity index is 0.000000729. The van der Waals surface area contributed by atoms with Gasteiger partial charge >= 0.3 is 48.6 Å². The first-order chi connectivity index (χ1) is 32.7. The van der Waals surface area contributed by atoms with Crippen LogP contribution in [0.15, 0.2) is 66.7 Å². The number of methoxy groups -OCH3 is 1. The van der Waals surface area contributed by atoms with Crippen molar-refractivity contribution in [2.45, 2.75) is 63.7 Å². The normalized spacial score (nSPS) is 15.7. The molecule has 5 rings (SSSR count). The molecule has 0 spiro atoms. The van der Waals surface area contributed by atoms with E-state index in [4.69, 9.17) is 44.3 Å². The monoisotopic (exact) mass is 1040 g/mol. The molecule has 1 atom stereocenters. The van der Waals surface area contributed by atoms with Crippen molar-refractivity contribution in [2.24, 2.45) is 0 Å². The largest absolute Gasteiger partial charge is 0.490 e. The lowest BCUT2D eigenvalue weighted by Crippen LogP contribution is -2.48. The summed E-state index contributed by atoms with van der Waals surface area (Å²) in [5.41, 5.74) is 5.24. The highest BCUT2D eigenvalue weighted by Crippen LogP contribution is 2.26. The lowest BCUT2D eigenvalue weighted by atomic mass is 10.00. The predicted molar refractivity (Wildman–Crippen MR) is 225 cm³/mol. The van der Waals surface area contributed by atoms with E-state index in [9.17, 15) is 61.9 Å². The number of hydrogen-bond acceptors (Lipinski definition) is 10. The van der Waals surface area contributed by atoms with Gasteiger partial charge in [0, 0.05) is 103 Å². The van der Waals surface area contributed by atoms with Crippen LogP contribution in [-0.4, -0.2) is 162 Å². The molecule has 15 nitrogen and oxygen atoms in total. The zero-order valence-corrected chi connectivity index (χ0v) is 37.6. The third kappa shape index (κ3) is 26.1. The molecule has 2 aliphatic rings. The highest BCUT2D eigenvalue weighted by atomic mass is 19.4. The number of carbonyl (C=O) groups is 5. The highest BCUT2D eigenvalue weighted by Gasteiger charge is 2.40. The van der Waals surface area contributed by atoms with Crippen LogP contribution in [0.4, 0.5) is 57.1 Å². The van der Waals surface area contributed by atoms with Crippen LogP contribution in [-0.2, 0) is 43.5 Å². The van der Waals surface area contributed by atoms with E-state index in [1.54, 1.807) is 13.2 Å². The number of benzene rings is 3. The molecule has 71 heavy (non-hydrogen) atoms. The smallest absolute Gasteiger partial charge is 0.475 e. The van der Waals surface area contributed by atoms with Gasteiger partial charge < -0.3 is 40.7 Å². The van der Waals surface area contributed by atoms with Gasteiger partial charge in [-0.3, -0.25) is 14.6 Å². The van der Waals surface area contributed by atoms with Gasteiger partial charge in [0.15, 0.2) is 0 Å². The molecule has 0 unspecified atom stereocenters. The lowest BCUT2D eigenvalue weighted by Gasteiger charge is -2.34. The first-order valence-corrected chi connectivity index (χ1v) is 20.6. The summed E-state index contributed by atoms with van der Waals surface area (Å²) in [6.07, 6.45) is -19.3. The summed E-state index contributed by atoms with van der Waals surface area (Å²) in [7, 11) is 1.75. The van der Waals surface area contributed by atoms with Crippen LogP contribution in [0.3, 0.4) is 0 Å². The second kappa shape index (κ2) is 29.3. The molecule has 398 valence electrons. The third-order valence-corrected chi connectivity index (χ3v) is 9.43. The van der Waals surface area contributed by atoms with E-state index in [1.807, 2.05) is 36.4 Å². The highest BCUT2D eigenvalue weighted by molar-refractivity contribution is 5.94. The van der Waals surface area contributed by atoms with Crippen LogP contribution in [0.25, 0.3) is 11.1 Å². The van der Waals surface area contributed by atoms with Crippen LogP contribution < -0.4 is 10.6 Å². The maximum absolute atomic E-state index is 15.0. The number of nitrogens with one attached hydrogen (secondary N) is 2. The molecule has 28 heteroatoms. The van der Waals surface area contributed by atoms with Crippen LogP contribution >= 0.6 is 0 Å². The number of halogens is 13. The Morgan fingerprint density at radius 1 is 0.634 bits per heavy atom. The quantitative estimate of drug-likeness (QED) is 0.0806. The molecule has 0 radical (unpaired) electrons. The topological polar surface area (TPSA) is 209 Å². The van der Waals surface area contributed by atoms with Crippen LogP contribution in [0.1, 0.15) is 40.4 Å². The average Bonchev–Trinajstić information content (AvgIpc) is 3.26. The molecule has 2 heterocycles. The Morgan fingerprint density at radius 3 is 1.58 bits per heavy atom. The number of carbonyl (C=O) groups excluding carboxylic acids is 1. The van der Waals surface area contributed by atoms with Gasteiger partial charge in [-0.05, 0) is 65.9 Å². The summed E-state index contributed by atoms with van der Waals surface area (Å²) in [6, 6.07) is 21.6. The Bertz CT molecular complexity index is 2070. The molecule has 0 bridgehead atoms. The summed E-state index contributed by atoms with van der Waals surface area (Å²) in [6.45, 7) is 13.3. The van der Waals surface area contributed by atoms with E-state index in [-0.39, 0.29) is 11.7 Å². The number of hydrogen-bond donors (Lipinski definition) is 6. The van der Waals surface area contributed by atoms with Crippen molar-refractivity contribution in [3.8, 4) is 11.1 Å². The minimum atomic E-state index is -5.08. The minimum Gasteiger partial charge on any atom is -0.475 e. The fourth-order valence-electron chi connectivity index (χ4n) is 6.11. The third-order valence-electron chi connectivity index (χ3n) is 9.43. The Hall–Kier alpha value is -6.10. The Labute approximate surface area is 396 Å². The second-order valence-corrected chi connectivity index (χ2v) is 15.2. The van der Waals surface area contributed by atoms with Crippen LogP contribution in [0, 0.1) is 5.82 Å². The van der Waals surface area contributed by atoms with Crippen LogP contribution in [0.5, 0.6) is 0 Å². The van der Waals surface area contributed by atoms with Crippen molar-refractivity contribution in [1.82, 2.24) is 25.3 Å². The number of nitrogens with zero attached hydrogens (tertiary/aromatic N) is 3. The molecule has 2 aliphatic heterocycles. The number of piperazine rings is 2. The number of amides is 1. The molecule has 6 N–H and O–H groups in total. The summed E-state index contributed by atoms with van der Waals surface area (Å²) in [5.74, 6) is -11.4. The van der Waals surface area contributed by atoms with Gasteiger partial charge in [-0.1, -0.05) is 36.4 Å². The fraction of sp³-hybridized carbons (Fsp3) is 0.465. The number of ether oxygens (including phenoxy) is 1. The molecule has 3 aromatic carbocycles. The maximum Gasteiger partial charge on any atom is 0.490 e. The summed E-state index contributed by atoms with van der Waals surface area (Å²) in [5, 5.41) is 35.0. The van der Waals surface area contributed by atoms with Gasteiger partial charge in [-0.15, -0.1) is 0 Å². The number of carboxylic acids is 4. The molecule has 3 aromatic rings. The van der Waals surface area contributed by atoms with Gasteiger partial charge in [0.1, 0.15) is 5.82 Å². The molecule has 2 saturated heterocycles. The Kier molecular flexibility index (Phi) is 26.0. The van der Waals surface area contributed by atoms with Crippen molar-refractivity contribution < 1.29 is 106 Å². The van der Waals surface area contributed by atoms with E-state index in [0.29, 0.717) is 23.7 Å². The molecule has 0 aromatic heterocycles. The summed E-state index contributed by atoms with van der Waals surface area (Å²) >= 11 is 0. The second-order valence-electron chi connectivity index (χ2n) is 15.2. The number of rotatable bonds is 12. The minimum absolute atomic E-state index is 0.122. The number of aliphatic carboxylic acids is 4.